The van der Waals surface area contributed by atoms with Crippen molar-refractivity contribution in [2.24, 2.45) is 0 Å². The van der Waals surface area contributed by atoms with Crippen molar-refractivity contribution >= 4 is 51.8 Å². The maximum absolute atomic E-state index is 12.0. The van der Waals surface area contributed by atoms with E-state index in [4.69, 9.17) is 16.3 Å². The Labute approximate surface area is 157 Å². The molecule has 1 N–H and O–H groups in total. The second-order valence-electron chi connectivity index (χ2n) is 5.10. The van der Waals surface area contributed by atoms with Gasteiger partial charge in [0.1, 0.15) is 5.01 Å². The smallest absolute Gasteiger partial charge is 0.358 e. The largest absolute Gasteiger partial charge is 0.451 e. The Morgan fingerprint density at radius 2 is 2.12 bits per heavy atom. The fourth-order valence-electron chi connectivity index (χ4n) is 2.00. The second-order valence-corrected chi connectivity index (χ2v) is 7.34. The third-order valence-electron chi connectivity index (χ3n) is 3.25. The molecule has 1 amide bonds. The Morgan fingerprint density at radius 1 is 1.28 bits per heavy atom. The van der Waals surface area contributed by atoms with Gasteiger partial charge in [-0.1, -0.05) is 23.7 Å². The highest BCUT2D eigenvalue weighted by atomic mass is 35.5. The first-order valence-corrected chi connectivity index (χ1v) is 9.39. The van der Waals surface area contributed by atoms with Crippen molar-refractivity contribution < 1.29 is 14.3 Å². The molecule has 0 aliphatic carbocycles. The topological polar surface area (TPSA) is 68.3 Å². The van der Waals surface area contributed by atoms with Gasteiger partial charge in [0.25, 0.3) is 5.91 Å². The van der Waals surface area contributed by atoms with E-state index in [1.54, 1.807) is 34.9 Å². The number of benzene rings is 1. The molecule has 128 valence electrons. The fraction of sp³-hybridized carbons (Fsp3) is 0.118. The first-order chi connectivity index (χ1) is 12.0. The van der Waals surface area contributed by atoms with Gasteiger partial charge < -0.3 is 10.1 Å². The molecule has 1 aromatic carbocycles. The highest BCUT2D eigenvalue weighted by Crippen LogP contribution is 2.28. The monoisotopic (exact) mass is 392 g/mol. The van der Waals surface area contributed by atoms with Crippen LogP contribution in [-0.4, -0.2) is 23.5 Å². The Balaban J connectivity index is 1.57. The molecule has 0 aliphatic heterocycles. The summed E-state index contributed by atoms with van der Waals surface area (Å²) in [6.07, 6.45) is 0. The molecular formula is C17H13ClN2O3S2. The highest BCUT2D eigenvalue weighted by molar-refractivity contribution is 7.20. The summed E-state index contributed by atoms with van der Waals surface area (Å²) in [7, 11) is 0. The maximum Gasteiger partial charge on any atom is 0.358 e. The minimum absolute atomic E-state index is 0.195. The first kappa shape index (κ1) is 17.6. The van der Waals surface area contributed by atoms with Crippen LogP contribution in [0.15, 0.2) is 41.1 Å². The lowest BCUT2D eigenvalue weighted by Crippen LogP contribution is -2.21. The first-order valence-electron chi connectivity index (χ1n) is 7.25. The normalized spacial score (nSPS) is 10.5. The van der Waals surface area contributed by atoms with Crippen LogP contribution in [0.1, 0.15) is 16.1 Å². The molecule has 0 fully saturated rings. The standard InChI is InChI=1S/C17H13ClN2O3S2/c1-10-4-5-11(18)7-12(10)19-15(21)8-23-17(22)13-9-25-16(20-13)14-3-2-6-24-14/h2-7,9H,8H2,1H3,(H,19,21). The number of amides is 1. The molecule has 3 rings (SSSR count). The minimum atomic E-state index is -0.628. The van der Waals surface area contributed by atoms with Crippen LogP contribution in [-0.2, 0) is 9.53 Å². The number of thiazole rings is 1. The molecule has 0 saturated carbocycles. The SMILES string of the molecule is Cc1ccc(Cl)cc1NC(=O)COC(=O)c1csc(-c2cccs2)n1. The van der Waals surface area contributed by atoms with Gasteiger partial charge >= 0.3 is 5.97 Å². The number of aromatic nitrogens is 1. The minimum Gasteiger partial charge on any atom is -0.451 e. The molecular weight excluding hydrogens is 380 g/mol. The molecule has 0 aliphatic rings. The molecule has 8 heteroatoms. The van der Waals surface area contributed by atoms with Crippen molar-refractivity contribution in [3.8, 4) is 9.88 Å². The second kappa shape index (κ2) is 7.77. The number of carbonyl (C=O) groups is 2. The summed E-state index contributed by atoms with van der Waals surface area (Å²) >= 11 is 8.81. The summed E-state index contributed by atoms with van der Waals surface area (Å²) < 4.78 is 5.03. The lowest BCUT2D eigenvalue weighted by molar-refractivity contribution is -0.119. The van der Waals surface area contributed by atoms with E-state index >= 15 is 0 Å². The van der Waals surface area contributed by atoms with E-state index in [-0.39, 0.29) is 5.69 Å². The third kappa shape index (κ3) is 4.45. The third-order valence-corrected chi connectivity index (χ3v) is 5.37. The van der Waals surface area contributed by atoms with E-state index < -0.39 is 18.5 Å². The number of nitrogens with one attached hydrogen (secondary N) is 1. The summed E-state index contributed by atoms with van der Waals surface area (Å²) in [4.78, 5) is 29.2. The summed E-state index contributed by atoms with van der Waals surface area (Å²) in [6.45, 7) is 1.45. The molecule has 0 spiro atoms. The van der Waals surface area contributed by atoms with Crippen molar-refractivity contribution in [3.63, 3.8) is 0 Å². The van der Waals surface area contributed by atoms with Crippen LogP contribution in [0.25, 0.3) is 9.88 Å². The molecule has 25 heavy (non-hydrogen) atoms. The van der Waals surface area contributed by atoms with E-state index in [2.05, 4.69) is 10.3 Å². The fourth-order valence-corrected chi connectivity index (χ4v) is 3.78. The van der Waals surface area contributed by atoms with Crippen LogP contribution >= 0.6 is 34.3 Å². The van der Waals surface area contributed by atoms with E-state index in [1.807, 2.05) is 24.4 Å². The van der Waals surface area contributed by atoms with Crippen LogP contribution in [0.5, 0.6) is 0 Å². The van der Waals surface area contributed by atoms with Crippen LogP contribution < -0.4 is 5.32 Å². The zero-order chi connectivity index (χ0) is 17.8. The zero-order valence-corrected chi connectivity index (χ0v) is 15.5. The summed E-state index contributed by atoms with van der Waals surface area (Å²) in [5.74, 6) is -1.07. The van der Waals surface area contributed by atoms with Gasteiger partial charge in [0.2, 0.25) is 0 Å². The van der Waals surface area contributed by atoms with Gasteiger partial charge in [-0.3, -0.25) is 4.79 Å². The van der Waals surface area contributed by atoms with E-state index in [0.29, 0.717) is 10.7 Å². The average molecular weight is 393 g/mol. The number of anilines is 1. The van der Waals surface area contributed by atoms with E-state index in [1.165, 1.54) is 11.3 Å². The quantitative estimate of drug-likeness (QED) is 0.643. The van der Waals surface area contributed by atoms with Gasteiger partial charge in [-0.25, -0.2) is 9.78 Å². The lowest BCUT2D eigenvalue weighted by atomic mass is 10.2. The lowest BCUT2D eigenvalue weighted by Gasteiger charge is -2.09. The number of hydrogen-bond donors (Lipinski definition) is 1. The molecule has 0 bridgehead atoms. The Kier molecular flexibility index (Phi) is 5.47. The van der Waals surface area contributed by atoms with Gasteiger partial charge in [-0.15, -0.1) is 22.7 Å². The number of carbonyl (C=O) groups excluding carboxylic acids is 2. The Morgan fingerprint density at radius 3 is 2.88 bits per heavy atom. The number of rotatable bonds is 5. The average Bonchev–Trinajstić information content (AvgIpc) is 3.26. The van der Waals surface area contributed by atoms with Gasteiger partial charge in [0.05, 0.1) is 4.88 Å². The van der Waals surface area contributed by atoms with Gasteiger partial charge in [-0.05, 0) is 36.1 Å². The molecule has 0 saturated heterocycles. The number of thiophene rings is 1. The van der Waals surface area contributed by atoms with Crippen molar-refractivity contribution in [1.29, 1.82) is 0 Å². The van der Waals surface area contributed by atoms with Crippen molar-refractivity contribution in [2.75, 3.05) is 11.9 Å². The highest BCUT2D eigenvalue weighted by Gasteiger charge is 2.15. The van der Waals surface area contributed by atoms with Gasteiger partial charge in [-0.2, -0.15) is 0 Å². The number of ether oxygens (including phenoxy) is 1. The van der Waals surface area contributed by atoms with Crippen molar-refractivity contribution in [1.82, 2.24) is 4.98 Å². The van der Waals surface area contributed by atoms with Crippen LogP contribution in [0.3, 0.4) is 0 Å². The predicted octanol–water partition coefficient (Wildman–Crippen LogP) is 4.63. The zero-order valence-electron chi connectivity index (χ0n) is 13.1. The molecule has 2 aromatic heterocycles. The van der Waals surface area contributed by atoms with Crippen molar-refractivity contribution in [2.45, 2.75) is 6.92 Å². The maximum atomic E-state index is 12.0. The van der Waals surface area contributed by atoms with E-state index in [0.717, 1.165) is 15.4 Å². The van der Waals surface area contributed by atoms with Crippen LogP contribution in [0, 0.1) is 6.92 Å². The number of hydrogen-bond acceptors (Lipinski definition) is 6. The molecule has 5 nitrogen and oxygen atoms in total. The van der Waals surface area contributed by atoms with E-state index in [9.17, 15) is 9.59 Å². The summed E-state index contributed by atoms with van der Waals surface area (Å²) in [5, 5.41) is 7.50. The number of esters is 1. The van der Waals surface area contributed by atoms with Gasteiger partial charge in [0, 0.05) is 16.1 Å². The van der Waals surface area contributed by atoms with Crippen LogP contribution in [0.2, 0.25) is 5.02 Å². The van der Waals surface area contributed by atoms with Crippen LogP contribution in [0.4, 0.5) is 5.69 Å². The Bertz CT molecular complexity index is 907. The molecule has 0 radical (unpaired) electrons. The number of halogens is 1. The Hall–Kier alpha value is -2.22. The summed E-state index contributed by atoms with van der Waals surface area (Å²) in [6, 6.07) is 9.02. The van der Waals surface area contributed by atoms with Gasteiger partial charge in [0.15, 0.2) is 12.3 Å². The number of nitrogens with zero attached hydrogens (tertiary/aromatic N) is 1. The molecule has 2 heterocycles. The molecule has 0 unspecified atom stereocenters. The van der Waals surface area contributed by atoms with Crippen molar-refractivity contribution in [3.05, 3.63) is 57.4 Å². The molecule has 0 atom stereocenters. The number of aryl methyl sites for hydroxylation is 1. The molecule has 3 aromatic rings. The summed E-state index contributed by atoms with van der Waals surface area (Å²) in [5.41, 5.74) is 1.64. The predicted molar refractivity (Wildman–Crippen MR) is 101 cm³/mol.